The summed E-state index contributed by atoms with van der Waals surface area (Å²) in [7, 11) is 3.91. The van der Waals surface area contributed by atoms with Crippen LogP contribution in [0.15, 0.2) is 41.3 Å². The Morgan fingerprint density at radius 1 is 1.03 bits per heavy atom. The van der Waals surface area contributed by atoms with Crippen LogP contribution in [-0.4, -0.2) is 79.2 Å². The Balaban J connectivity index is 1.87. The minimum absolute atomic E-state index is 0.0489. The SMILES string of the molecule is COc1cc(C)c(C)cc1S(=O)(=O)NC[C@@H](c1ccc(N(C)C)cc1)N1CCN(C)CC1. The number of likely N-dealkylation sites (N-methyl/N-ethyl adjacent to an activating group) is 1. The number of ether oxygens (including phenoxy) is 1. The van der Waals surface area contributed by atoms with Crippen molar-refractivity contribution in [1.82, 2.24) is 14.5 Å². The second-order valence-corrected chi connectivity index (χ2v) is 10.5. The number of rotatable bonds is 8. The first-order chi connectivity index (χ1) is 15.1. The van der Waals surface area contributed by atoms with Crippen LogP contribution in [0.2, 0.25) is 0 Å². The molecule has 7 nitrogen and oxygen atoms in total. The molecule has 0 aliphatic carbocycles. The molecule has 2 aromatic carbocycles. The van der Waals surface area contributed by atoms with Gasteiger partial charge in [-0.25, -0.2) is 13.1 Å². The number of piperazine rings is 1. The van der Waals surface area contributed by atoms with Crippen molar-refractivity contribution in [2.45, 2.75) is 24.8 Å². The van der Waals surface area contributed by atoms with E-state index in [9.17, 15) is 8.42 Å². The largest absolute Gasteiger partial charge is 0.495 e. The van der Waals surface area contributed by atoms with Gasteiger partial charge < -0.3 is 14.5 Å². The number of benzene rings is 2. The van der Waals surface area contributed by atoms with E-state index in [-0.39, 0.29) is 10.9 Å². The molecule has 1 saturated heterocycles. The highest BCUT2D eigenvalue weighted by molar-refractivity contribution is 7.89. The smallest absolute Gasteiger partial charge is 0.244 e. The van der Waals surface area contributed by atoms with Crippen LogP contribution in [0.25, 0.3) is 0 Å². The monoisotopic (exact) mass is 460 g/mol. The number of hydrogen-bond acceptors (Lipinski definition) is 6. The predicted octanol–water partition coefficient (Wildman–Crippen LogP) is 2.65. The van der Waals surface area contributed by atoms with E-state index >= 15 is 0 Å². The molecule has 2 aromatic rings. The summed E-state index contributed by atoms with van der Waals surface area (Å²) in [6.45, 7) is 7.86. The maximum absolute atomic E-state index is 13.3. The van der Waals surface area contributed by atoms with Crippen molar-refractivity contribution >= 4 is 15.7 Å². The predicted molar refractivity (Wildman–Crippen MR) is 130 cm³/mol. The van der Waals surface area contributed by atoms with Crippen molar-refractivity contribution in [3.8, 4) is 5.75 Å². The molecular weight excluding hydrogens is 424 g/mol. The first-order valence-corrected chi connectivity index (χ1v) is 12.5. The number of hydrogen-bond donors (Lipinski definition) is 1. The van der Waals surface area contributed by atoms with E-state index in [1.54, 1.807) is 12.1 Å². The van der Waals surface area contributed by atoms with Gasteiger partial charge in [-0.05, 0) is 61.9 Å². The van der Waals surface area contributed by atoms with E-state index < -0.39 is 10.0 Å². The Labute approximate surface area is 193 Å². The molecule has 8 heteroatoms. The standard InChI is InChI=1S/C24H36N4O3S/c1-18-15-23(31-6)24(16-19(18)2)32(29,30)25-17-22(28-13-11-27(5)12-14-28)20-7-9-21(10-8-20)26(3)4/h7-10,15-16,22,25H,11-14,17H2,1-6H3/t22-/m0/s1. The van der Waals surface area contributed by atoms with Gasteiger partial charge in [-0.3, -0.25) is 4.90 Å². The first-order valence-electron chi connectivity index (χ1n) is 11.0. The summed E-state index contributed by atoms with van der Waals surface area (Å²) in [6, 6.07) is 11.8. The number of sulfonamides is 1. The minimum Gasteiger partial charge on any atom is -0.495 e. The fraction of sp³-hybridized carbons (Fsp3) is 0.500. The Kier molecular flexibility index (Phi) is 7.82. The molecule has 0 spiro atoms. The molecule has 1 aliphatic rings. The van der Waals surface area contributed by atoms with Crippen LogP contribution in [-0.2, 0) is 10.0 Å². The van der Waals surface area contributed by atoms with Crippen LogP contribution >= 0.6 is 0 Å². The van der Waals surface area contributed by atoms with Crippen molar-refractivity contribution < 1.29 is 13.2 Å². The van der Waals surface area contributed by atoms with Gasteiger partial charge in [-0.2, -0.15) is 0 Å². The molecule has 3 rings (SSSR count). The normalized spacial score (nSPS) is 16.7. The molecule has 1 fully saturated rings. The third-order valence-corrected chi connectivity index (χ3v) is 7.75. The van der Waals surface area contributed by atoms with Crippen molar-refractivity contribution in [3.05, 3.63) is 53.1 Å². The van der Waals surface area contributed by atoms with Crippen LogP contribution in [0.3, 0.4) is 0 Å². The average Bonchev–Trinajstić information content (AvgIpc) is 2.76. The second kappa shape index (κ2) is 10.2. The maximum Gasteiger partial charge on any atom is 0.244 e. The fourth-order valence-electron chi connectivity index (χ4n) is 3.99. The third kappa shape index (κ3) is 5.61. The Morgan fingerprint density at radius 3 is 2.19 bits per heavy atom. The molecule has 0 radical (unpaired) electrons. The van der Waals surface area contributed by atoms with Gasteiger partial charge in [0.2, 0.25) is 10.0 Å². The van der Waals surface area contributed by atoms with E-state index in [1.807, 2.05) is 27.9 Å². The number of methoxy groups -OCH3 is 1. The van der Waals surface area contributed by atoms with Crippen molar-refractivity contribution in [3.63, 3.8) is 0 Å². The maximum atomic E-state index is 13.3. The first kappa shape index (κ1) is 24.5. The van der Waals surface area contributed by atoms with E-state index in [1.165, 1.54) is 7.11 Å². The Hall–Kier alpha value is -2.13. The molecule has 0 bridgehead atoms. The van der Waals surface area contributed by atoms with Gasteiger partial charge in [0.05, 0.1) is 7.11 Å². The number of anilines is 1. The zero-order valence-electron chi connectivity index (χ0n) is 20.1. The van der Waals surface area contributed by atoms with Crippen molar-refractivity contribution in [1.29, 1.82) is 0 Å². The van der Waals surface area contributed by atoms with Gasteiger partial charge >= 0.3 is 0 Å². The zero-order valence-corrected chi connectivity index (χ0v) is 20.9. The molecule has 1 N–H and O–H groups in total. The van der Waals surface area contributed by atoms with Crippen LogP contribution in [0.5, 0.6) is 5.75 Å². The lowest BCUT2D eigenvalue weighted by atomic mass is 10.0. The Bertz CT molecular complexity index is 1010. The summed E-state index contributed by atoms with van der Waals surface area (Å²) < 4.78 is 34.8. The minimum atomic E-state index is -3.74. The van der Waals surface area contributed by atoms with Crippen LogP contribution < -0.4 is 14.4 Å². The van der Waals surface area contributed by atoms with Gasteiger partial charge in [0.15, 0.2) is 0 Å². The third-order valence-electron chi connectivity index (χ3n) is 6.31. The summed E-state index contributed by atoms with van der Waals surface area (Å²) in [6.07, 6.45) is 0. The van der Waals surface area contributed by atoms with Gasteiger partial charge in [0.25, 0.3) is 0 Å². The van der Waals surface area contributed by atoms with Gasteiger partial charge in [-0.15, -0.1) is 0 Å². The van der Waals surface area contributed by atoms with Gasteiger partial charge in [-0.1, -0.05) is 12.1 Å². The van der Waals surface area contributed by atoms with E-state index in [4.69, 9.17) is 4.74 Å². The summed E-state index contributed by atoms with van der Waals surface area (Å²) in [5, 5.41) is 0. The molecule has 0 unspecified atom stereocenters. The van der Waals surface area contributed by atoms with Crippen LogP contribution in [0.1, 0.15) is 22.7 Å². The van der Waals surface area contributed by atoms with E-state index in [2.05, 4.69) is 50.7 Å². The highest BCUT2D eigenvalue weighted by Crippen LogP contribution is 2.29. The highest BCUT2D eigenvalue weighted by atomic mass is 32.2. The van der Waals surface area contributed by atoms with E-state index in [0.717, 1.165) is 48.6 Å². The molecule has 1 heterocycles. The summed E-state index contributed by atoms with van der Waals surface area (Å²) >= 11 is 0. The number of aryl methyl sites for hydroxylation is 2. The van der Waals surface area contributed by atoms with Crippen molar-refractivity contribution in [2.24, 2.45) is 0 Å². The topological polar surface area (TPSA) is 65.1 Å². The molecule has 1 aliphatic heterocycles. The fourth-order valence-corrected chi connectivity index (χ4v) is 5.26. The van der Waals surface area contributed by atoms with Crippen LogP contribution in [0, 0.1) is 13.8 Å². The molecular formula is C24H36N4O3S. The Morgan fingerprint density at radius 2 is 1.62 bits per heavy atom. The molecule has 0 saturated carbocycles. The highest BCUT2D eigenvalue weighted by Gasteiger charge is 2.27. The van der Waals surface area contributed by atoms with Crippen LogP contribution in [0.4, 0.5) is 5.69 Å². The van der Waals surface area contributed by atoms with Gasteiger partial charge in [0, 0.05) is 58.5 Å². The molecule has 0 aromatic heterocycles. The molecule has 176 valence electrons. The lowest BCUT2D eigenvalue weighted by Crippen LogP contribution is -2.48. The quantitative estimate of drug-likeness (QED) is 0.653. The van der Waals surface area contributed by atoms with Crippen molar-refractivity contribution in [2.75, 3.05) is 65.9 Å². The lowest BCUT2D eigenvalue weighted by Gasteiger charge is -2.38. The molecule has 32 heavy (non-hydrogen) atoms. The average molecular weight is 461 g/mol. The number of nitrogens with one attached hydrogen (secondary N) is 1. The van der Waals surface area contributed by atoms with Gasteiger partial charge in [0.1, 0.15) is 10.6 Å². The number of nitrogens with zero attached hydrogens (tertiary/aromatic N) is 3. The summed E-state index contributed by atoms with van der Waals surface area (Å²) in [4.78, 5) is 6.91. The second-order valence-electron chi connectivity index (χ2n) is 8.78. The van der Waals surface area contributed by atoms with E-state index in [0.29, 0.717) is 12.3 Å². The molecule has 0 amide bonds. The summed E-state index contributed by atoms with van der Waals surface area (Å²) in [5.41, 5.74) is 4.14. The molecule has 1 atom stereocenters. The zero-order chi connectivity index (χ0) is 23.5. The summed E-state index contributed by atoms with van der Waals surface area (Å²) in [5.74, 6) is 0.368. The lowest BCUT2D eigenvalue weighted by molar-refractivity contribution is 0.113.